The van der Waals surface area contributed by atoms with Gasteiger partial charge in [0, 0.05) is 9.17 Å². The van der Waals surface area contributed by atoms with Crippen LogP contribution in [0.4, 0.5) is 0 Å². The quantitative estimate of drug-likeness (QED) is 0.715. The molecule has 1 heterocycles. The highest BCUT2D eigenvalue weighted by Crippen LogP contribution is 2.34. The lowest BCUT2D eigenvalue weighted by Gasteiger charge is -2.00. The summed E-state index contributed by atoms with van der Waals surface area (Å²) in [7, 11) is 0. The summed E-state index contributed by atoms with van der Waals surface area (Å²) >= 11 is 10.8. The van der Waals surface area contributed by atoms with E-state index in [4.69, 9.17) is 11.6 Å². The maximum absolute atomic E-state index is 10.8. The second-order valence-corrected chi connectivity index (χ2v) is 4.69. The van der Waals surface area contributed by atoms with Gasteiger partial charge in [0.15, 0.2) is 6.29 Å². The van der Waals surface area contributed by atoms with Crippen molar-refractivity contribution in [1.82, 2.24) is 0 Å². The molecule has 0 amide bonds. The predicted octanol–water partition coefficient (Wildman–Crippen LogP) is 4.13. The van der Waals surface area contributed by atoms with Crippen molar-refractivity contribution in [2.24, 2.45) is 0 Å². The van der Waals surface area contributed by atoms with E-state index < -0.39 is 0 Å². The van der Waals surface area contributed by atoms with Gasteiger partial charge in [-0.25, -0.2) is 0 Å². The van der Waals surface area contributed by atoms with Gasteiger partial charge in [-0.2, -0.15) is 0 Å². The minimum atomic E-state index is 0.491. The first-order valence-electron chi connectivity index (χ1n) is 3.54. The van der Waals surface area contributed by atoms with Crippen molar-refractivity contribution in [1.29, 1.82) is 0 Å². The fourth-order valence-corrected chi connectivity index (χ4v) is 2.79. The molecule has 1 aromatic carbocycles. The van der Waals surface area contributed by atoms with Crippen LogP contribution < -0.4 is 0 Å². The Balaban J connectivity index is 2.95. The molecule has 0 saturated heterocycles. The minimum Gasteiger partial charge on any atom is -0.298 e. The van der Waals surface area contributed by atoms with Crippen LogP contribution in [0, 0.1) is 0 Å². The maximum Gasteiger partial charge on any atom is 0.153 e. The molecule has 1 aromatic heterocycles. The van der Waals surface area contributed by atoms with E-state index in [0.717, 1.165) is 20.8 Å². The lowest BCUT2D eigenvalue weighted by atomic mass is 10.2. The molecule has 0 aliphatic heterocycles. The third-order valence-corrected chi connectivity index (χ3v) is 4.01. The Kier molecular flexibility index (Phi) is 2.41. The zero-order valence-corrected chi connectivity index (χ0v) is 9.54. The first kappa shape index (κ1) is 9.19. The van der Waals surface area contributed by atoms with E-state index in [1.807, 2.05) is 17.5 Å². The van der Waals surface area contributed by atoms with Gasteiger partial charge >= 0.3 is 0 Å². The van der Waals surface area contributed by atoms with Gasteiger partial charge in [0.2, 0.25) is 0 Å². The van der Waals surface area contributed by atoms with Crippen LogP contribution in [0.1, 0.15) is 10.4 Å². The van der Waals surface area contributed by atoms with Crippen LogP contribution in [-0.4, -0.2) is 6.29 Å². The number of carbonyl (C=O) groups is 1. The summed E-state index contributed by atoms with van der Waals surface area (Å²) in [5, 5.41) is 3.48. The Bertz CT molecular complexity index is 478. The standard InChI is InChI=1S/C9H4BrClOS/c10-7-3-5-1-2-13-9(5)6(4-12)8(7)11/h1-4H. The average molecular weight is 276 g/mol. The van der Waals surface area contributed by atoms with Gasteiger partial charge in [-0.3, -0.25) is 4.79 Å². The molecule has 0 spiro atoms. The molecule has 0 aliphatic rings. The number of halogens is 2. The topological polar surface area (TPSA) is 17.1 Å². The van der Waals surface area contributed by atoms with Crippen molar-refractivity contribution in [3.63, 3.8) is 0 Å². The summed E-state index contributed by atoms with van der Waals surface area (Å²) in [4.78, 5) is 10.8. The molecular formula is C9H4BrClOS. The molecule has 0 atom stereocenters. The molecule has 13 heavy (non-hydrogen) atoms. The maximum atomic E-state index is 10.8. The summed E-state index contributed by atoms with van der Waals surface area (Å²) in [6, 6.07) is 3.88. The fraction of sp³-hybridized carbons (Fsp3) is 0. The summed E-state index contributed by atoms with van der Waals surface area (Å²) < 4.78 is 1.71. The van der Waals surface area contributed by atoms with Crippen LogP contribution in [0.5, 0.6) is 0 Å². The average Bonchev–Trinajstić information content (AvgIpc) is 2.54. The van der Waals surface area contributed by atoms with E-state index in [1.165, 1.54) is 11.3 Å². The number of carbonyl (C=O) groups excluding carboxylic acids is 1. The number of aldehydes is 1. The molecule has 0 aliphatic carbocycles. The largest absolute Gasteiger partial charge is 0.298 e. The Morgan fingerprint density at radius 2 is 2.31 bits per heavy atom. The normalized spacial score (nSPS) is 10.6. The van der Waals surface area contributed by atoms with Crippen LogP contribution in [0.15, 0.2) is 22.0 Å². The van der Waals surface area contributed by atoms with E-state index in [1.54, 1.807) is 0 Å². The van der Waals surface area contributed by atoms with Crippen molar-refractivity contribution in [3.05, 3.63) is 32.6 Å². The second-order valence-electron chi connectivity index (χ2n) is 2.54. The van der Waals surface area contributed by atoms with Gasteiger partial charge in [0.05, 0.1) is 10.6 Å². The zero-order chi connectivity index (χ0) is 9.42. The molecular weight excluding hydrogens is 272 g/mol. The summed E-state index contributed by atoms with van der Waals surface area (Å²) in [5.74, 6) is 0. The van der Waals surface area contributed by atoms with E-state index in [0.29, 0.717) is 10.6 Å². The molecule has 0 unspecified atom stereocenters. The molecule has 0 radical (unpaired) electrons. The number of thiophene rings is 1. The van der Waals surface area contributed by atoms with Crippen LogP contribution in [0.25, 0.3) is 10.1 Å². The number of rotatable bonds is 1. The molecule has 0 bridgehead atoms. The highest BCUT2D eigenvalue weighted by atomic mass is 79.9. The first-order chi connectivity index (χ1) is 6.24. The van der Waals surface area contributed by atoms with Crippen molar-refractivity contribution in [2.75, 3.05) is 0 Å². The Labute approximate surface area is 92.5 Å². The third kappa shape index (κ3) is 1.41. The highest BCUT2D eigenvalue weighted by Gasteiger charge is 2.10. The molecule has 66 valence electrons. The van der Waals surface area contributed by atoms with Crippen LogP contribution in [-0.2, 0) is 0 Å². The lowest BCUT2D eigenvalue weighted by Crippen LogP contribution is -1.83. The molecule has 1 nitrogen and oxygen atoms in total. The van der Waals surface area contributed by atoms with E-state index in [2.05, 4.69) is 15.9 Å². The molecule has 0 saturated carbocycles. The van der Waals surface area contributed by atoms with Gasteiger partial charge in [0.1, 0.15) is 0 Å². The Morgan fingerprint density at radius 1 is 1.54 bits per heavy atom. The SMILES string of the molecule is O=Cc1c(Cl)c(Br)cc2ccsc12. The molecule has 2 aromatic rings. The minimum absolute atomic E-state index is 0.491. The zero-order valence-electron chi connectivity index (χ0n) is 6.38. The van der Waals surface area contributed by atoms with Gasteiger partial charge in [-0.15, -0.1) is 11.3 Å². The van der Waals surface area contributed by atoms with Crippen molar-refractivity contribution in [3.8, 4) is 0 Å². The van der Waals surface area contributed by atoms with Gasteiger partial charge in [-0.1, -0.05) is 11.6 Å². The van der Waals surface area contributed by atoms with E-state index in [-0.39, 0.29) is 0 Å². The molecule has 0 fully saturated rings. The van der Waals surface area contributed by atoms with Gasteiger partial charge < -0.3 is 0 Å². The monoisotopic (exact) mass is 274 g/mol. The lowest BCUT2D eigenvalue weighted by molar-refractivity contribution is 0.112. The van der Waals surface area contributed by atoms with Crippen LogP contribution in [0.2, 0.25) is 5.02 Å². The first-order valence-corrected chi connectivity index (χ1v) is 5.59. The highest BCUT2D eigenvalue weighted by molar-refractivity contribution is 9.10. The Morgan fingerprint density at radius 3 is 3.00 bits per heavy atom. The van der Waals surface area contributed by atoms with E-state index >= 15 is 0 Å². The molecule has 2 rings (SSSR count). The van der Waals surface area contributed by atoms with Gasteiger partial charge in [-0.05, 0) is 38.8 Å². The smallest absolute Gasteiger partial charge is 0.153 e. The summed E-state index contributed by atoms with van der Waals surface area (Å²) in [5.41, 5.74) is 0.570. The second kappa shape index (κ2) is 3.40. The number of benzene rings is 1. The summed E-state index contributed by atoms with van der Waals surface area (Å²) in [6.45, 7) is 0. The van der Waals surface area contributed by atoms with Crippen molar-refractivity contribution < 1.29 is 4.79 Å². The van der Waals surface area contributed by atoms with Crippen molar-refractivity contribution in [2.45, 2.75) is 0 Å². The summed E-state index contributed by atoms with van der Waals surface area (Å²) in [6.07, 6.45) is 0.798. The third-order valence-electron chi connectivity index (χ3n) is 1.79. The van der Waals surface area contributed by atoms with Gasteiger partial charge in [0.25, 0.3) is 0 Å². The predicted molar refractivity (Wildman–Crippen MR) is 59.9 cm³/mol. The fourth-order valence-electron chi connectivity index (χ4n) is 1.19. The Hall–Kier alpha value is -0.380. The number of fused-ring (bicyclic) bond motifs is 1. The van der Waals surface area contributed by atoms with Crippen LogP contribution >= 0.6 is 38.9 Å². The van der Waals surface area contributed by atoms with Crippen LogP contribution in [0.3, 0.4) is 0 Å². The number of hydrogen-bond acceptors (Lipinski definition) is 2. The number of hydrogen-bond donors (Lipinski definition) is 0. The molecule has 4 heteroatoms. The van der Waals surface area contributed by atoms with E-state index in [9.17, 15) is 4.79 Å². The molecule has 0 N–H and O–H groups in total. The van der Waals surface area contributed by atoms with Crippen molar-refractivity contribution >= 4 is 55.2 Å².